The third kappa shape index (κ3) is 3.68. The fraction of sp³-hybridized carbons (Fsp3) is 0.316. The van der Waals surface area contributed by atoms with Crippen LogP contribution in [0.15, 0.2) is 42.5 Å². The van der Waals surface area contributed by atoms with E-state index in [4.69, 9.17) is 9.47 Å². The first-order chi connectivity index (χ1) is 11.7. The number of ether oxygens (including phenoxy) is 2. The molecule has 0 unspecified atom stereocenters. The van der Waals surface area contributed by atoms with Gasteiger partial charge in [-0.3, -0.25) is 4.79 Å². The van der Waals surface area contributed by atoms with E-state index in [9.17, 15) is 9.90 Å². The van der Waals surface area contributed by atoms with Gasteiger partial charge in [-0.25, -0.2) is 0 Å². The standard InChI is InChI=1S/C19H21NO4/c1-23-14-10-8-13(9-11-14)20-19(22)12-24-18-7-3-4-15-16(18)5-2-6-17(15)21/h3-4,7-11,17,21H,2,5-6,12H2,1H3,(H,20,22)/t17-/m0/s1. The normalized spacial score (nSPS) is 16.2. The van der Waals surface area contributed by atoms with Crippen molar-refractivity contribution >= 4 is 11.6 Å². The molecular weight excluding hydrogens is 306 g/mol. The molecule has 2 aromatic carbocycles. The number of amides is 1. The minimum Gasteiger partial charge on any atom is -0.497 e. The predicted octanol–water partition coefficient (Wildman–Crippen LogP) is 3.08. The number of aliphatic hydroxyl groups is 1. The van der Waals surface area contributed by atoms with Crippen LogP contribution in [-0.2, 0) is 11.2 Å². The van der Waals surface area contributed by atoms with Crippen LogP contribution in [0.2, 0.25) is 0 Å². The van der Waals surface area contributed by atoms with Crippen LogP contribution in [0.4, 0.5) is 5.69 Å². The van der Waals surface area contributed by atoms with Crippen molar-refractivity contribution in [2.45, 2.75) is 25.4 Å². The number of benzene rings is 2. The maximum atomic E-state index is 12.1. The Morgan fingerprint density at radius 1 is 1.25 bits per heavy atom. The van der Waals surface area contributed by atoms with Gasteiger partial charge in [0, 0.05) is 5.69 Å². The minimum atomic E-state index is -0.439. The highest BCUT2D eigenvalue weighted by atomic mass is 16.5. The minimum absolute atomic E-state index is 0.0709. The molecule has 1 aliphatic rings. The zero-order valence-electron chi connectivity index (χ0n) is 13.6. The third-order valence-corrected chi connectivity index (χ3v) is 4.17. The van der Waals surface area contributed by atoms with Crippen molar-refractivity contribution in [1.82, 2.24) is 0 Å². The first kappa shape index (κ1) is 16.3. The Labute approximate surface area is 141 Å². The summed E-state index contributed by atoms with van der Waals surface area (Å²) in [5.41, 5.74) is 2.61. The molecule has 0 saturated heterocycles. The van der Waals surface area contributed by atoms with Crippen LogP contribution in [0.1, 0.15) is 30.1 Å². The van der Waals surface area contributed by atoms with Crippen molar-refractivity contribution in [1.29, 1.82) is 0 Å². The second-order valence-electron chi connectivity index (χ2n) is 5.80. The van der Waals surface area contributed by atoms with E-state index in [0.717, 1.165) is 36.1 Å². The summed E-state index contributed by atoms with van der Waals surface area (Å²) in [6.45, 7) is -0.0709. The van der Waals surface area contributed by atoms with Gasteiger partial charge in [0.1, 0.15) is 11.5 Å². The molecule has 2 aromatic rings. The highest BCUT2D eigenvalue weighted by Crippen LogP contribution is 2.35. The van der Waals surface area contributed by atoms with Crippen LogP contribution in [0.5, 0.6) is 11.5 Å². The molecule has 1 amide bonds. The predicted molar refractivity (Wildman–Crippen MR) is 91.5 cm³/mol. The molecule has 0 fully saturated rings. The summed E-state index contributed by atoms with van der Waals surface area (Å²) >= 11 is 0. The average molecular weight is 327 g/mol. The summed E-state index contributed by atoms with van der Waals surface area (Å²) in [5, 5.41) is 12.8. The van der Waals surface area contributed by atoms with Gasteiger partial charge in [-0.05, 0) is 60.7 Å². The van der Waals surface area contributed by atoms with Gasteiger partial charge >= 0.3 is 0 Å². The summed E-state index contributed by atoms with van der Waals surface area (Å²) in [6, 6.07) is 12.7. The largest absolute Gasteiger partial charge is 0.497 e. The summed E-state index contributed by atoms with van der Waals surface area (Å²) in [7, 11) is 1.60. The number of fused-ring (bicyclic) bond motifs is 1. The molecule has 0 heterocycles. The van der Waals surface area contributed by atoms with Crippen molar-refractivity contribution in [2.75, 3.05) is 19.0 Å². The maximum Gasteiger partial charge on any atom is 0.262 e. The lowest BCUT2D eigenvalue weighted by Gasteiger charge is -2.23. The highest BCUT2D eigenvalue weighted by Gasteiger charge is 2.21. The SMILES string of the molecule is COc1ccc(NC(=O)COc2cccc3c2CCC[C@@H]3O)cc1. The fourth-order valence-corrected chi connectivity index (χ4v) is 2.94. The van der Waals surface area contributed by atoms with Crippen LogP contribution in [0.3, 0.4) is 0 Å². The molecule has 1 aliphatic carbocycles. The van der Waals surface area contributed by atoms with Gasteiger partial charge in [-0.1, -0.05) is 12.1 Å². The molecule has 5 nitrogen and oxygen atoms in total. The lowest BCUT2D eigenvalue weighted by Crippen LogP contribution is -2.21. The zero-order valence-corrected chi connectivity index (χ0v) is 13.6. The average Bonchev–Trinajstić information content (AvgIpc) is 2.61. The number of hydrogen-bond donors (Lipinski definition) is 2. The van der Waals surface area contributed by atoms with Crippen molar-refractivity contribution in [2.24, 2.45) is 0 Å². The van der Waals surface area contributed by atoms with E-state index in [1.807, 2.05) is 18.2 Å². The van der Waals surface area contributed by atoms with E-state index >= 15 is 0 Å². The summed E-state index contributed by atoms with van der Waals surface area (Å²) < 4.78 is 10.8. The Morgan fingerprint density at radius 3 is 2.79 bits per heavy atom. The van der Waals surface area contributed by atoms with Crippen LogP contribution < -0.4 is 14.8 Å². The van der Waals surface area contributed by atoms with Gasteiger partial charge in [0.15, 0.2) is 6.61 Å². The van der Waals surface area contributed by atoms with Crippen molar-refractivity contribution in [3.8, 4) is 11.5 Å². The fourth-order valence-electron chi connectivity index (χ4n) is 2.94. The molecule has 0 spiro atoms. The van der Waals surface area contributed by atoms with Crippen molar-refractivity contribution < 1.29 is 19.4 Å². The Morgan fingerprint density at radius 2 is 2.04 bits per heavy atom. The molecule has 5 heteroatoms. The molecule has 3 rings (SSSR count). The smallest absolute Gasteiger partial charge is 0.262 e. The van der Waals surface area contributed by atoms with E-state index in [-0.39, 0.29) is 12.5 Å². The topological polar surface area (TPSA) is 67.8 Å². The molecule has 0 bridgehead atoms. The molecule has 0 aromatic heterocycles. The summed E-state index contributed by atoms with van der Waals surface area (Å²) in [5.74, 6) is 1.18. The number of anilines is 1. The number of aliphatic hydroxyl groups excluding tert-OH is 1. The molecular formula is C19H21NO4. The zero-order chi connectivity index (χ0) is 16.9. The van der Waals surface area contributed by atoms with Gasteiger partial charge in [0.05, 0.1) is 13.2 Å². The number of carbonyl (C=O) groups is 1. The maximum absolute atomic E-state index is 12.1. The van der Waals surface area contributed by atoms with E-state index < -0.39 is 6.10 Å². The van der Waals surface area contributed by atoms with Crippen LogP contribution in [0, 0.1) is 0 Å². The number of methoxy groups -OCH3 is 1. The third-order valence-electron chi connectivity index (χ3n) is 4.17. The molecule has 2 N–H and O–H groups in total. The van der Waals surface area contributed by atoms with Crippen LogP contribution in [0.25, 0.3) is 0 Å². The highest BCUT2D eigenvalue weighted by molar-refractivity contribution is 5.91. The van der Waals surface area contributed by atoms with Gasteiger partial charge < -0.3 is 19.9 Å². The monoisotopic (exact) mass is 327 g/mol. The van der Waals surface area contributed by atoms with E-state index in [2.05, 4.69) is 5.32 Å². The Hall–Kier alpha value is -2.53. The van der Waals surface area contributed by atoms with E-state index in [1.54, 1.807) is 31.4 Å². The van der Waals surface area contributed by atoms with E-state index in [1.165, 1.54) is 0 Å². The van der Waals surface area contributed by atoms with E-state index in [0.29, 0.717) is 11.4 Å². The second kappa shape index (κ2) is 7.36. The molecule has 1 atom stereocenters. The molecule has 0 aliphatic heterocycles. The first-order valence-corrected chi connectivity index (χ1v) is 8.04. The van der Waals surface area contributed by atoms with Gasteiger partial charge in [-0.15, -0.1) is 0 Å². The Balaban J connectivity index is 1.61. The number of carbonyl (C=O) groups excluding carboxylic acids is 1. The lowest BCUT2D eigenvalue weighted by molar-refractivity contribution is -0.118. The quantitative estimate of drug-likeness (QED) is 0.885. The molecule has 0 saturated carbocycles. The summed E-state index contributed by atoms with van der Waals surface area (Å²) in [6.07, 6.45) is 2.12. The Kier molecular flexibility index (Phi) is 5.01. The lowest BCUT2D eigenvalue weighted by atomic mass is 9.89. The first-order valence-electron chi connectivity index (χ1n) is 8.04. The van der Waals surface area contributed by atoms with Crippen molar-refractivity contribution in [3.05, 3.63) is 53.6 Å². The van der Waals surface area contributed by atoms with Gasteiger partial charge in [0.25, 0.3) is 5.91 Å². The van der Waals surface area contributed by atoms with Gasteiger partial charge in [0.2, 0.25) is 0 Å². The van der Waals surface area contributed by atoms with Gasteiger partial charge in [-0.2, -0.15) is 0 Å². The second-order valence-corrected chi connectivity index (χ2v) is 5.80. The number of rotatable bonds is 5. The Bertz CT molecular complexity index is 712. The molecule has 24 heavy (non-hydrogen) atoms. The summed E-state index contributed by atoms with van der Waals surface area (Å²) in [4.78, 5) is 12.1. The number of nitrogens with one attached hydrogen (secondary N) is 1. The number of hydrogen-bond acceptors (Lipinski definition) is 4. The van der Waals surface area contributed by atoms with Crippen molar-refractivity contribution in [3.63, 3.8) is 0 Å². The van der Waals surface area contributed by atoms with Crippen LogP contribution >= 0.6 is 0 Å². The molecule has 126 valence electrons. The molecule has 0 radical (unpaired) electrons. The van der Waals surface area contributed by atoms with Crippen LogP contribution in [-0.4, -0.2) is 24.7 Å².